The van der Waals surface area contributed by atoms with Gasteiger partial charge in [-0.2, -0.15) is 0 Å². The SMILES string of the molecule is O=C(NCC1NCCc2ccccc21)c1cc2c(s1)CCOC2. The summed E-state index contributed by atoms with van der Waals surface area (Å²) in [6.45, 7) is 2.98. The molecule has 1 amide bonds. The minimum Gasteiger partial charge on any atom is -0.376 e. The molecule has 0 fully saturated rings. The zero-order chi connectivity index (χ0) is 15.6. The summed E-state index contributed by atoms with van der Waals surface area (Å²) >= 11 is 1.60. The quantitative estimate of drug-likeness (QED) is 0.910. The van der Waals surface area contributed by atoms with E-state index in [2.05, 4.69) is 34.9 Å². The summed E-state index contributed by atoms with van der Waals surface area (Å²) in [6.07, 6.45) is 1.98. The van der Waals surface area contributed by atoms with E-state index in [0.29, 0.717) is 13.2 Å². The average Bonchev–Trinajstić information content (AvgIpc) is 3.04. The lowest BCUT2D eigenvalue weighted by molar-refractivity contribution is 0.0952. The molecule has 23 heavy (non-hydrogen) atoms. The first-order valence-electron chi connectivity index (χ1n) is 8.10. The van der Waals surface area contributed by atoms with Crippen LogP contribution in [0.5, 0.6) is 0 Å². The predicted octanol–water partition coefficient (Wildman–Crippen LogP) is 2.44. The highest BCUT2D eigenvalue weighted by Crippen LogP contribution is 2.27. The standard InChI is InChI=1S/C18H20N2O2S/c21-18(17-9-13-11-22-8-6-16(13)23-17)20-10-15-14-4-2-1-3-12(14)5-7-19-15/h1-4,9,15,19H,5-8,10-11H2,(H,20,21). The van der Waals surface area contributed by atoms with E-state index in [-0.39, 0.29) is 11.9 Å². The highest BCUT2D eigenvalue weighted by atomic mass is 32.1. The second-order valence-corrected chi connectivity index (χ2v) is 7.16. The largest absolute Gasteiger partial charge is 0.376 e. The van der Waals surface area contributed by atoms with Crippen LogP contribution in [0.1, 0.15) is 37.3 Å². The van der Waals surface area contributed by atoms with Crippen molar-refractivity contribution in [2.45, 2.75) is 25.5 Å². The summed E-state index contributed by atoms with van der Waals surface area (Å²) < 4.78 is 5.45. The van der Waals surface area contributed by atoms with Crippen molar-refractivity contribution in [1.82, 2.24) is 10.6 Å². The van der Waals surface area contributed by atoms with E-state index < -0.39 is 0 Å². The molecule has 2 aromatic rings. The van der Waals surface area contributed by atoms with Crippen molar-refractivity contribution < 1.29 is 9.53 Å². The lowest BCUT2D eigenvalue weighted by atomic mass is 9.94. The molecule has 1 atom stereocenters. The highest BCUT2D eigenvalue weighted by molar-refractivity contribution is 7.14. The Bertz CT molecular complexity index is 702. The maximum Gasteiger partial charge on any atom is 0.261 e. The van der Waals surface area contributed by atoms with Crippen LogP contribution in [-0.4, -0.2) is 25.6 Å². The minimum atomic E-state index is 0.0225. The molecule has 5 heteroatoms. The van der Waals surface area contributed by atoms with Gasteiger partial charge in [-0.05, 0) is 35.7 Å². The summed E-state index contributed by atoms with van der Waals surface area (Å²) in [6, 6.07) is 10.7. The molecule has 0 aliphatic carbocycles. The molecule has 0 spiro atoms. The Morgan fingerprint density at radius 3 is 3.13 bits per heavy atom. The fourth-order valence-electron chi connectivity index (χ4n) is 3.32. The van der Waals surface area contributed by atoms with Crippen molar-refractivity contribution in [3.63, 3.8) is 0 Å². The zero-order valence-corrected chi connectivity index (χ0v) is 13.7. The summed E-state index contributed by atoms with van der Waals surface area (Å²) in [7, 11) is 0. The van der Waals surface area contributed by atoms with Crippen molar-refractivity contribution in [3.8, 4) is 0 Å². The van der Waals surface area contributed by atoms with Crippen LogP contribution in [0.15, 0.2) is 30.3 Å². The van der Waals surface area contributed by atoms with Gasteiger partial charge in [0.2, 0.25) is 0 Å². The Kier molecular flexibility index (Phi) is 4.16. The van der Waals surface area contributed by atoms with Crippen LogP contribution in [0.2, 0.25) is 0 Å². The highest BCUT2D eigenvalue weighted by Gasteiger charge is 2.21. The summed E-state index contributed by atoms with van der Waals surface area (Å²) in [5.74, 6) is 0.0225. The number of carbonyl (C=O) groups is 1. The second-order valence-electron chi connectivity index (χ2n) is 6.03. The Labute approximate surface area is 139 Å². The molecular formula is C18H20N2O2S. The van der Waals surface area contributed by atoms with Crippen LogP contribution >= 0.6 is 11.3 Å². The van der Waals surface area contributed by atoms with E-state index in [9.17, 15) is 4.79 Å². The van der Waals surface area contributed by atoms with Gasteiger partial charge in [-0.15, -0.1) is 11.3 Å². The van der Waals surface area contributed by atoms with Gasteiger partial charge in [-0.3, -0.25) is 4.79 Å². The van der Waals surface area contributed by atoms with Gasteiger partial charge in [-0.25, -0.2) is 0 Å². The Hall–Kier alpha value is -1.69. The Balaban J connectivity index is 1.43. The molecule has 0 saturated heterocycles. The van der Waals surface area contributed by atoms with E-state index >= 15 is 0 Å². The van der Waals surface area contributed by atoms with E-state index in [1.54, 1.807) is 11.3 Å². The van der Waals surface area contributed by atoms with Crippen LogP contribution in [0.25, 0.3) is 0 Å². The summed E-state index contributed by atoms with van der Waals surface area (Å²) in [5, 5.41) is 6.59. The first-order chi connectivity index (χ1) is 11.3. The summed E-state index contributed by atoms with van der Waals surface area (Å²) in [4.78, 5) is 14.5. The topological polar surface area (TPSA) is 50.4 Å². The van der Waals surface area contributed by atoms with Crippen molar-refractivity contribution in [2.75, 3.05) is 19.7 Å². The smallest absolute Gasteiger partial charge is 0.261 e. The molecule has 2 aliphatic rings. The minimum absolute atomic E-state index is 0.0225. The number of nitrogens with one attached hydrogen (secondary N) is 2. The van der Waals surface area contributed by atoms with Gasteiger partial charge in [0.25, 0.3) is 5.91 Å². The third-order valence-corrected chi connectivity index (χ3v) is 5.77. The van der Waals surface area contributed by atoms with Crippen LogP contribution < -0.4 is 10.6 Å². The zero-order valence-electron chi connectivity index (χ0n) is 12.9. The van der Waals surface area contributed by atoms with Crippen molar-refractivity contribution >= 4 is 17.2 Å². The maximum atomic E-state index is 12.4. The molecule has 1 unspecified atom stereocenters. The van der Waals surface area contributed by atoms with Crippen LogP contribution in [0, 0.1) is 0 Å². The van der Waals surface area contributed by atoms with Crippen LogP contribution in [0.3, 0.4) is 0 Å². The van der Waals surface area contributed by atoms with Gasteiger partial charge < -0.3 is 15.4 Å². The van der Waals surface area contributed by atoms with Gasteiger partial charge >= 0.3 is 0 Å². The van der Waals surface area contributed by atoms with E-state index in [4.69, 9.17) is 4.74 Å². The normalized spacial score (nSPS) is 19.7. The van der Waals surface area contributed by atoms with Gasteiger partial charge in [0, 0.05) is 23.9 Å². The molecule has 1 aromatic carbocycles. The molecule has 4 rings (SSSR count). The first-order valence-corrected chi connectivity index (χ1v) is 8.91. The first kappa shape index (κ1) is 14.9. The van der Waals surface area contributed by atoms with E-state index in [1.807, 2.05) is 6.07 Å². The van der Waals surface area contributed by atoms with E-state index in [1.165, 1.54) is 21.6 Å². The number of benzene rings is 1. The van der Waals surface area contributed by atoms with Crippen molar-refractivity contribution in [3.05, 3.63) is 56.8 Å². The van der Waals surface area contributed by atoms with Crippen molar-refractivity contribution in [2.24, 2.45) is 0 Å². The van der Waals surface area contributed by atoms with Crippen LogP contribution in [-0.2, 0) is 24.2 Å². The lowest BCUT2D eigenvalue weighted by Gasteiger charge is -2.27. The Morgan fingerprint density at radius 2 is 2.22 bits per heavy atom. The molecule has 0 radical (unpaired) electrons. The fourth-order valence-corrected chi connectivity index (χ4v) is 4.38. The monoisotopic (exact) mass is 328 g/mol. The predicted molar refractivity (Wildman–Crippen MR) is 90.9 cm³/mol. The van der Waals surface area contributed by atoms with Crippen LogP contribution in [0.4, 0.5) is 0 Å². The molecule has 2 aliphatic heterocycles. The number of hydrogen-bond acceptors (Lipinski definition) is 4. The Morgan fingerprint density at radius 1 is 1.30 bits per heavy atom. The number of hydrogen-bond donors (Lipinski definition) is 2. The van der Waals surface area contributed by atoms with Gasteiger partial charge in [-0.1, -0.05) is 24.3 Å². The van der Waals surface area contributed by atoms with Gasteiger partial charge in [0.05, 0.1) is 18.1 Å². The number of ether oxygens (including phenoxy) is 1. The maximum absolute atomic E-state index is 12.4. The second kappa shape index (κ2) is 6.43. The molecule has 1 aromatic heterocycles. The molecule has 2 N–H and O–H groups in total. The molecule has 4 nitrogen and oxygen atoms in total. The number of amides is 1. The summed E-state index contributed by atoms with van der Waals surface area (Å²) in [5.41, 5.74) is 3.86. The molecule has 0 bridgehead atoms. The third-order valence-electron chi connectivity index (χ3n) is 4.53. The van der Waals surface area contributed by atoms with Crippen molar-refractivity contribution in [1.29, 1.82) is 0 Å². The van der Waals surface area contributed by atoms with Gasteiger partial charge in [0.15, 0.2) is 0 Å². The number of rotatable bonds is 3. The average molecular weight is 328 g/mol. The number of thiophene rings is 1. The lowest BCUT2D eigenvalue weighted by Crippen LogP contribution is -2.38. The van der Waals surface area contributed by atoms with Gasteiger partial charge in [0.1, 0.15) is 0 Å². The van der Waals surface area contributed by atoms with E-state index in [0.717, 1.165) is 30.9 Å². The molecular weight excluding hydrogens is 308 g/mol. The number of fused-ring (bicyclic) bond motifs is 2. The third kappa shape index (κ3) is 3.04. The molecule has 120 valence electrons. The molecule has 3 heterocycles. The number of carbonyl (C=O) groups excluding carboxylic acids is 1. The fraction of sp³-hybridized carbons (Fsp3) is 0.389. The molecule has 0 saturated carbocycles.